The highest BCUT2D eigenvalue weighted by atomic mass is 35.5. The molecule has 2 unspecified atom stereocenters. The van der Waals surface area contributed by atoms with E-state index < -0.39 is 17.6 Å². The maximum atomic E-state index is 14.6. The lowest BCUT2D eigenvalue weighted by atomic mass is 9.99. The van der Waals surface area contributed by atoms with Crippen LogP contribution in [-0.2, 0) is 22.6 Å². The summed E-state index contributed by atoms with van der Waals surface area (Å²) in [7, 11) is 0. The summed E-state index contributed by atoms with van der Waals surface area (Å²) < 4.78 is 0.915. The van der Waals surface area contributed by atoms with Crippen LogP contribution < -0.4 is 16.4 Å². The average molecular weight is 838 g/mol. The van der Waals surface area contributed by atoms with Crippen molar-refractivity contribution in [1.29, 1.82) is 0 Å². The highest BCUT2D eigenvalue weighted by Crippen LogP contribution is 2.33. The Morgan fingerprint density at radius 2 is 1.76 bits per heavy atom. The SMILES string of the molecule is CCCN(C(=O)NCC1=CC(Cl)C(Cl)C=C1)N1CC(=O)N2[C@@H](Cc3ccc(NC(=O)c4cccc5ccccc45)cc3)C(=O)N(Cc3cccc4sc(N)nc34)C[C@@H]21. The number of alkyl halides is 2. The van der Waals surface area contributed by atoms with Gasteiger partial charge < -0.3 is 26.2 Å². The summed E-state index contributed by atoms with van der Waals surface area (Å²) in [6, 6.07) is 25.3. The number of aromatic nitrogens is 1. The molecule has 15 heteroatoms. The Labute approximate surface area is 349 Å². The van der Waals surface area contributed by atoms with Crippen molar-refractivity contribution in [3.63, 3.8) is 0 Å². The molecular formula is C43H42Cl2N8O4S. The number of fused-ring (bicyclic) bond motifs is 3. The summed E-state index contributed by atoms with van der Waals surface area (Å²) in [6.45, 7) is 2.88. The molecule has 4 aromatic carbocycles. The molecule has 3 heterocycles. The van der Waals surface area contributed by atoms with E-state index in [-0.39, 0.29) is 61.7 Å². The summed E-state index contributed by atoms with van der Waals surface area (Å²) >= 11 is 14.0. The number of hydrogen-bond acceptors (Lipinski definition) is 8. The number of hydrogen-bond donors (Lipinski definition) is 3. The van der Waals surface area contributed by atoms with Crippen molar-refractivity contribution in [3.8, 4) is 0 Å². The zero-order valence-corrected chi connectivity index (χ0v) is 34.0. The molecule has 5 aromatic rings. The minimum Gasteiger partial charge on any atom is -0.375 e. The monoisotopic (exact) mass is 836 g/mol. The highest BCUT2D eigenvalue weighted by molar-refractivity contribution is 7.22. The molecule has 1 aliphatic carbocycles. The number of halogens is 2. The third-order valence-electron chi connectivity index (χ3n) is 10.7. The largest absolute Gasteiger partial charge is 0.375 e. The first-order valence-corrected chi connectivity index (χ1v) is 20.9. The van der Waals surface area contributed by atoms with Gasteiger partial charge in [0, 0.05) is 37.3 Å². The number of nitrogen functional groups attached to an aromatic ring is 1. The van der Waals surface area contributed by atoms with Gasteiger partial charge in [0.2, 0.25) is 11.8 Å². The number of hydrazine groups is 1. The molecule has 8 rings (SSSR count). The van der Waals surface area contributed by atoms with Crippen molar-refractivity contribution in [2.24, 2.45) is 0 Å². The van der Waals surface area contributed by atoms with Crippen molar-refractivity contribution >= 4 is 90.1 Å². The quantitative estimate of drug-likeness (QED) is 0.125. The minimum absolute atomic E-state index is 0.0761. The van der Waals surface area contributed by atoms with Crippen molar-refractivity contribution in [1.82, 2.24) is 30.1 Å². The summed E-state index contributed by atoms with van der Waals surface area (Å²) in [5.74, 6) is -0.693. The fourth-order valence-corrected chi connectivity index (χ4v) is 9.11. The van der Waals surface area contributed by atoms with Crippen molar-refractivity contribution in [2.75, 3.05) is 37.2 Å². The van der Waals surface area contributed by atoms with E-state index in [1.807, 2.05) is 85.8 Å². The van der Waals surface area contributed by atoms with E-state index in [2.05, 4.69) is 15.6 Å². The lowest BCUT2D eigenvalue weighted by Gasteiger charge is -2.46. The fourth-order valence-electron chi connectivity index (χ4n) is 7.93. The highest BCUT2D eigenvalue weighted by Gasteiger charge is 2.52. The van der Waals surface area contributed by atoms with Crippen LogP contribution in [0.4, 0.5) is 15.6 Å². The first kappa shape index (κ1) is 39.4. The number of carbonyl (C=O) groups is 4. The summed E-state index contributed by atoms with van der Waals surface area (Å²) in [5.41, 5.74) is 10.4. The van der Waals surface area contributed by atoms with Crippen LogP contribution >= 0.6 is 34.5 Å². The second-order valence-corrected chi connectivity index (χ2v) is 16.7. The van der Waals surface area contributed by atoms with Gasteiger partial charge in [-0.25, -0.2) is 9.78 Å². The molecule has 5 amide bonds. The average Bonchev–Trinajstić information content (AvgIpc) is 3.77. The van der Waals surface area contributed by atoms with E-state index in [0.717, 1.165) is 37.7 Å². The maximum Gasteiger partial charge on any atom is 0.332 e. The number of piperazine rings is 1. The van der Waals surface area contributed by atoms with Crippen molar-refractivity contribution in [3.05, 3.63) is 125 Å². The predicted molar refractivity (Wildman–Crippen MR) is 230 cm³/mol. The number of nitrogens with zero attached hydrogens (tertiary/aromatic N) is 5. The van der Waals surface area contributed by atoms with Gasteiger partial charge in [-0.05, 0) is 58.2 Å². The Hall–Kier alpha value is -5.47. The normalized spacial score (nSPS) is 20.7. The van der Waals surface area contributed by atoms with E-state index in [1.54, 1.807) is 44.1 Å². The molecule has 4 N–H and O–H groups in total. The Bertz CT molecular complexity index is 2450. The number of rotatable bonds is 11. The van der Waals surface area contributed by atoms with Crippen LogP contribution in [0.15, 0.2) is 109 Å². The molecule has 2 aliphatic heterocycles. The topological polar surface area (TPSA) is 144 Å². The van der Waals surface area contributed by atoms with Gasteiger partial charge in [0.15, 0.2) is 5.13 Å². The number of urea groups is 1. The van der Waals surface area contributed by atoms with Crippen LogP contribution in [0.2, 0.25) is 0 Å². The van der Waals surface area contributed by atoms with Crippen LogP contribution in [0.3, 0.4) is 0 Å². The molecule has 0 radical (unpaired) electrons. The fraction of sp³-hybridized carbons (Fsp3) is 0.279. The van der Waals surface area contributed by atoms with Crippen molar-refractivity contribution in [2.45, 2.75) is 49.3 Å². The third-order valence-corrected chi connectivity index (χ3v) is 12.5. The first-order chi connectivity index (χ1) is 28.1. The lowest BCUT2D eigenvalue weighted by molar-refractivity contribution is -0.157. The molecule has 12 nitrogen and oxygen atoms in total. The molecule has 58 heavy (non-hydrogen) atoms. The molecule has 3 aliphatic rings. The molecule has 0 spiro atoms. The van der Waals surface area contributed by atoms with Gasteiger partial charge in [0.25, 0.3) is 5.91 Å². The van der Waals surface area contributed by atoms with Gasteiger partial charge in [0.05, 0.1) is 34.1 Å². The molecule has 2 fully saturated rings. The summed E-state index contributed by atoms with van der Waals surface area (Å²) in [6.07, 6.45) is 5.70. The number of carbonyl (C=O) groups excluding carboxylic acids is 4. The second-order valence-electron chi connectivity index (χ2n) is 14.6. The van der Waals surface area contributed by atoms with Crippen LogP contribution in [0.5, 0.6) is 0 Å². The number of nitrogens with one attached hydrogen (secondary N) is 2. The van der Waals surface area contributed by atoms with E-state index in [4.69, 9.17) is 28.9 Å². The Morgan fingerprint density at radius 1 is 0.983 bits per heavy atom. The molecule has 1 aromatic heterocycles. The number of para-hydroxylation sites is 1. The number of amides is 5. The van der Waals surface area contributed by atoms with Gasteiger partial charge in [-0.1, -0.05) is 97.2 Å². The smallest absolute Gasteiger partial charge is 0.332 e. The first-order valence-electron chi connectivity index (χ1n) is 19.2. The molecule has 0 saturated carbocycles. The molecule has 0 bridgehead atoms. The van der Waals surface area contributed by atoms with Crippen LogP contribution in [0, 0.1) is 0 Å². The van der Waals surface area contributed by atoms with Gasteiger partial charge in [-0.3, -0.25) is 19.4 Å². The van der Waals surface area contributed by atoms with E-state index in [9.17, 15) is 19.2 Å². The summed E-state index contributed by atoms with van der Waals surface area (Å²) in [4.78, 5) is 63.9. The van der Waals surface area contributed by atoms with E-state index >= 15 is 0 Å². The minimum atomic E-state index is -0.861. The lowest BCUT2D eigenvalue weighted by Crippen LogP contribution is -2.66. The molecule has 298 valence electrons. The Kier molecular flexibility index (Phi) is 11.4. The third kappa shape index (κ3) is 7.99. The zero-order valence-electron chi connectivity index (χ0n) is 31.7. The Morgan fingerprint density at radius 3 is 2.55 bits per heavy atom. The predicted octanol–water partition coefficient (Wildman–Crippen LogP) is 6.76. The van der Waals surface area contributed by atoms with Crippen LogP contribution in [0.25, 0.3) is 21.0 Å². The van der Waals surface area contributed by atoms with Crippen LogP contribution in [0.1, 0.15) is 34.8 Å². The molecule has 2 saturated heterocycles. The molecular weight excluding hydrogens is 795 g/mol. The van der Waals surface area contributed by atoms with Crippen LogP contribution in [-0.4, -0.2) is 97.7 Å². The number of anilines is 2. The number of benzene rings is 4. The van der Waals surface area contributed by atoms with Gasteiger partial charge in [-0.15, -0.1) is 23.2 Å². The Balaban J connectivity index is 1.05. The number of allylic oxidation sites excluding steroid dienone is 2. The molecule has 4 atom stereocenters. The van der Waals surface area contributed by atoms with Crippen molar-refractivity contribution < 1.29 is 19.2 Å². The standard InChI is InChI=1S/C43H42Cl2N8O4S/c1-2-19-51(43(57)47-22-27-15-18-33(44)34(45)20-27)52-25-38(54)53-35(41(56)50(24-37(52)53)23-29-9-6-12-36-39(29)49-42(46)58-36)21-26-13-16-30(17-14-26)48-40(55)32-11-5-8-28-7-3-4-10-31(28)32/h3-18,20,33-35,37H,2,19,21-25H2,1H3,(H2,46,49)(H,47,57)(H,48,55)/t33?,34?,35-,37+/m0/s1. The van der Waals surface area contributed by atoms with Gasteiger partial charge >= 0.3 is 6.03 Å². The number of nitrogens with two attached hydrogens (primary N) is 1. The van der Waals surface area contributed by atoms with E-state index in [0.29, 0.717) is 29.3 Å². The van der Waals surface area contributed by atoms with Gasteiger partial charge in [0.1, 0.15) is 12.2 Å². The number of thiazole rings is 1. The zero-order chi connectivity index (χ0) is 40.5. The van der Waals surface area contributed by atoms with Gasteiger partial charge in [-0.2, -0.15) is 5.01 Å². The maximum absolute atomic E-state index is 14.6. The second kappa shape index (κ2) is 16.8. The van der Waals surface area contributed by atoms with E-state index in [1.165, 1.54) is 11.3 Å². The summed E-state index contributed by atoms with van der Waals surface area (Å²) in [5, 5.41) is 10.9.